The summed E-state index contributed by atoms with van der Waals surface area (Å²) in [5.41, 5.74) is 5.45. The van der Waals surface area contributed by atoms with E-state index in [1.54, 1.807) is 39.7 Å². The molecule has 27 heavy (non-hydrogen) atoms. The van der Waals surface area contributed by atoms with E-state index < -0.39 is 0 Å². The summed E-state index contributed by atoms with van der Waals surface area (Å²) >= 11 is 0. The third-order valence-electron chi connectivity index (χ3n) is 3.81. The number of methoxy groups -OCH3 is 3. The van der Waals surface area contributed by atoms with Crippen LogP contribution in [0, 0.1) is 0 Å². The lowest BCUT2D eigenvalue weighted by atomic mass is 10.1. The molecule has 3 rings (SSSR count). The molecule has 0 radical (unpaired) electrons. The molecule has 0 amide bonds. The van der Waals surface area contributed by atoms with Crippen LogP contribution in [0.2, 0.25) is 0 Å². The number of hydrogen-bond acceptors (Lipinski definition) is 7. The van der Waals surface area contributed by atoms with Gasteiger partial charge in [-0.3, -0.25) is 5.43 Å². The molecule has 0 aliphatic carbocycles. The van der Waals surface area contributed by atoms with Gasteiger partial charge in [-0.25, -0.2) is 0 Å². The first kappa shape index (κ1) is 18.2. The molecule has 0 saturated heterocycles. The first-order valence-corrected chi connectivity index (χ1v) is 8.23. The summed E-state index contributed by atoms with van der Waals surface area (Å²) in [5.74, 6) is 2.20. The molecule has 0 spiro atoms. The molecule has 1 aromatic heterocycles. The van der Waals surface area contributed by atoms with Crippen molar-refractivity contribution in [3.05, 3.63) is 60.2 Å². The number of nitrogens with zero attached hydrogens (tertiary/aromatic N) is 3. The number of benzene rings is 2. The fourth-order valence-corrected chi connectivity index (χ4v) is 2.50. The van der Waals surface area contributed by atoms with Gasteiger partial charge >= 0.3 is 0 Å². The monoisotopic (exact) mass is 364 g/mol. The number of nitrogens with one attached hydrogen (secondary N) is 1. The molecule has 0 fully saturated rings. The number of ether oxygens (including phenoxy) is 3. The Balaban J connectivity index is 1.72. The molecule has 0 saturated carbocycles. The molecule has 138 valence electrons. The van der Waals surface area contributed by atoms with Crippen molar-refractivity contribution in [1.29, 1.82) is 0 Å². The fraction of sp³-hybridized carbons (Fsp3) is 0.150. The highest BCUT2D eigenvalue weighted by atomic mass is 16.5. The topological polar surface area (TPSA) is 77.9 Å². The number of aromatic nitrogens is 2. The van der Waals surface area contributed by atoms with E-state index in [0.717, 1.165) is 16.8 Å². The predicted molar refractivity (Wildman–Crippen MR) is 105 cm³/mol. The van der Waals surface area contributed by atoms with E-state index in [-0.39, 0.29) is 0 Å². The smallest absolute Gasteiger partial charge is 0.203 e. The third-order valence-corrected chi connectivity index (χ3v) is 3.81. The van der Waals surface area contributed by atoms with Crippen LogP contribution in [-0.2, 0) is 0 Å². The number of anilines is 1. The van der Waals surface area contributed by atoms with E-state index in [1.807, 2.05) is 42.5 Å². The lowest BCUT2D eigenvalue weighted by molar-refractivity contribution is 0.324. The fourth-order valence-electron chi connectivity index (χ4n) is 2.50. The number of hydrazone groups is 1. The lowest BCUT2D eigenvalue weighted by Crippen LogP contribution is -1.98. The molecular formula is C20H20N4O3. The zero-order valence-corrected chi connectivity index (χ0v) is 15.3. The highest BCUT2D eigenvalue weighted by Gasteiger charge is 2.12. The Bertz CT molecular complexity index is 887. The van der Waals surface area contributed by atoms with Gasteiger partial charge in [0.15, 0.2) is 17.3 Å². The molecule has 0 aliphatic rings. The molecule has 3 aromatic rings. The SMILES string of the molecule is COc1cc(C=NNc2ccc(-c3ccccc3)nn2)cc(OC)c1OC. The van der Waals surface area contributed by atoms with Crippen molar-refractivity contribution in [2.24, 2.45) is 5.10 Å². The van der Waals surface area contributed by atoms with E-state index in [2.05, 4.69) is 20.7 Å². The minimum atomic E-state index is 0.535. The van der Waals surface area contributed by atoms with Gasteiger partial charge < -0.3 is 14.2 Å². The standard InChI is InChI=1S/C20H20N4O3/c1-25-17-11-14(12-18(26-2)20(17)27-3)13-21-23-19-10-9-16(22-24-19)15-7-5-4-6-8-15/h4-13H,1-3H3,(H,23,24). The van der Waals surface area contributed by atoms with Gasteiger partial charge in [0.05, 0.1) is 33.2 Å². The number of rotatable bonds is 7. The second-order valence-electron chi connectivity index (χ2n) is 5.50. The van der Waals surface area contributed by atoms with Crippen LogP contribution in [0.4, 0.5) is 5.82 Å². The van der Waals surface area contributed by atoms with Gasteiger partial charge in [0.25, 0.3) is 0 Å². The van der Waals surface area contributed by atoms with E-state index in [9.17, 15) is 0 Å². The Kier molecular flexibility index (Phi) is 5.84. The van der Waals surface area contributed by atoms with Gasteiger partial charge in [-0.1, -0.05) is 30.3 Å². The summed E-state index contributed by atoms with van der Waals surface area (Å²) in [6.45, 7) is 0. The maximum atomic E-state index is 5.33. The third kappa shape index (κ3) is 4.33. The predicted octanol–water partition coefficient (Wildman–Crippen LogP) is 3.62. The zero-order valence-electron chi connectivity index (χ0n) is 15.3. The van der Waals surface area contributed by atoms with Crippen molar-refractivity contribution >= 4 is 12.0 Å². The summed E-state index contributed by atoms with van der Waals surface area (Å²) in [7, 11) is 4.70. The Morgan fingerprint density at radius 1 is 0.852 bits per heavy atom. The second-order valence-corrected chi connectivity index (χ2v) is 5.50. The molecule has 2 aromatic carbocycles. The van der Waals surface area contributed by atoms with Crippen molar-refractivity contribution in [2.75, 3.05) is 26.8 Å². The molecule has 0 atom stereocenters. The van der Waals surface area contributed by atoms with Crippen LogP contribution >= 0.6 is 0 Å². The van der Waals surface area contributed by atoms with Crippen LogP contribution in [0.15, 0.2) is 59.7 Å². The largest absolute Gasteiger partial charge is 0.493 e. The molecule has 0 bridgehead atoms. The Labute approximate surface area is 157 Å². The van der Waals surface area contributed by atoms with Gasteiger partial charge in [0.1, 0.15) is 0 Å². The molecule has 0 unspecified atom stereocenters. The number of hydrogen-bond donors (Lipinski definition) is 1. The summed E-state index contributed by atoms with van der Waals surface area (Å²) in [4.78, 5) is 0. The Morgan fingerprint density at radius 3 is 2.11 bits per heavy atom. The van der Waals surface area contributed by atoms with Crippen LogP contribution in [0.5, 0.6) is 17.2 Å². The molecule has 1 N–H and O–H groups in total. The maximum absolute atomic E-state index is 5.33. The van der Waals surface area contributed by atoms with Crippen LogP contribution in [0.1, 0.15) is 5.56 Å². The molecule has 1 heterocycles. The Hall–Kier alpha value is -3.61. The van der Waals surface area contributed by atoms with E-state index >= 15 is 0 Å². The van der Waals surface area contributed by atoms with Crippen molar-refractivity contribution in [3.63, 3.8) is 0 Å². The van der Waals surface area contributed by atoms with Gasteiger partial charge in [-0.2, -0.15) is 5.10 Å². The molecular weight excluding hydrogens is 344 g/mol. The highest BCUT2D eigenvalue weighted by Crippen LogP contribution is 2.37. The first-order valence-electron chi connectivity index (χ1n) is 8.23. The lowest BCUT2D eigenvalue weighted by Gasteiger charge is -2.12. The van der Waals surface area contributed by atoms with Crippen molar-refractivity contribution in [2.45, 2.75) is 0 Å². The Morgan fingerprint density at radius 2 is 1.56 bits per heavy atom. The molecule has 7 nitrogen and oxygen atoms in total. The average Bonchev–Trinajstić information content (AvgIpc) is 2.74. The van der Waals surface area contributed by atoms with Crippen molar-refractivity contribution in [1.82, 2.24) is 10.2 Å². The summed E-state index contributed by atoms with van der Waals surface area (Å²) in [5, 5.41) is 12.5. The normalized spacial score (nSPS) is 10.6. The van der Waals surface area contributed by atoms with Crippen LogP contribution in [0.3, 0.4) is 0 Å². The van der Waals surface area contributed by atoms with Crippen LogP contribution in [-0.4, -0.2) is 37.7 Å². The van der Waals surface area contributed by atoms with E-state index in [0.29, 0.717) is 23.1 Å². The first-order chi connectivity index (χ1) is 13.2. The van der Waals surface area contributed by atoms with E-state index in [4.69, 9.17) is 14.2 Å². The maximum Gasteiger partial charge on any atom is 0.203 e. The van der Waals surface area contributed by atoms with Crippen LogP contribution in [0.25, 0.3) is 11.3 Å². The van der Waals surface area contributed by atoms with Crippen molar-refractivity contribution < 1.29 is 14.2 Å². The minimum absolute atomic E-state index is 0.535. The molecule has 7 heteroatoms. The summed E-state index contributed by atoms with van der Waals surface area (Å²) in [6, 6.07) is 17.2. The van der Waals surface area contributed by atoms with Gasteiger partial charge in [-0.05, 0) is 24.3 Å². The van der Waals surface area contributed by atoms with Crippen molar-refractivity contribution in [3.8, 4) is 28.5 Å². The average molecular weight is 364 g/mol. The van der Waals surface area contributed by atoms with Gasteiger partial charge in [-0.15, -0.1) is 10.2 Å². The quantitative estimate of drug-likeness (QED) is 0.510. The van der Waals surface area contributed by atoms with Gasteiger partial charge in [0.2, 0.25) is 5.75 Å². The molecule has 0 aliphatic heterocycles. The van der Waals surface area contributed by atoms with Gasteiger partial charge in [0, 0.05) is 11.1 Å². The zero-order chi connectivity index (χ0) is 19.1. The highest BCUT2D eigenvalue weighted by molar-refractivity contribution is 5.83. The summed E-state index contributed by atoms with van der Waals surface area (Å²) < 4.78 is 16.0. The van der Waals surface area contributed by atoms with E-state index in [1.165, 1.54) is 0 Å². The van der Waals surface area contributed by atoms with Crippen LogP contribution < -0.4 is 19.6 Å². The summed E-state index contributed by atoms with van der Waals surface area (Å²) in [6.07, 6.45) is 1.64. The minimum Gasteiger partial charge on any atom is -0.493 e. The second kappa shape index (κ2) is 8.66.